The largest absolute Gasteiger partial charge is 0.293 e. The summed E-state index contributed by atoms with van der Waals surface area (Å²) in [4.78, 5) is 2.54. The zero-order chi connectivity index (χ0) is 12.3. The van der Waals surface area contributed by atoms with E-state index in [4.69, 9.17) is 0 Å². The summed E-state index contributed by atoms with van der Waals surface area (Å²) in [6.07, 6.45) is 5.19. The summed E-state index contributed by atoms with van der Waals surface area (Å²) in [6, 6.07) is 9.25. The van der Waals surface area contributed by atoms with Crippen LogP contribution in [0.3, 0.4) is 0 Å². The predicted octanol–water partition coefficient (Wildman–Crippen LogP) is 3.74. The van der Waals surface area contributed by atoms with Gasteiger partial charge in [0.05, 0.1) is 6.04 Å². The highest BCUT2D eigenvalue weighted by molar-refractivity contribution is 5.38. The van der Waals surface area contributed by atoms with E-state index >= 15 is 0 Å². The van der Waals surface area contributed by atoms with Gasteiger partial charge in [-0.05, 0) is 31.0 Å². The third-order valence-electron chi connectivity index (χ3n) is 3.60. The molecule has 1 aliphatic heterocycles. The van der Waals surface area contributed by atoms with E-state index in [1.54, 1.807) is 0 Å². The number of hydrogen-bond acceptors (Lipinski definition) is 1. The predicted molar refractivity (Wildman–Crippen MR) is 74.1 cm³/mol. The molecule has 1 aliphatic rings. The van der Waals surface area contributed by atoms with Gasteiger partial charge in [0.1, 0.15) is 0 Å². The van der Waals surface area contributed by atoms with Crippen LogP contribution in [-0.2, 0) is 6.42 Å². The molecule has 1 unspecified atom stereocenters. The van der Waals surface area contributed by atoms with Gasteiger partial charge in [-0.3, -0.25) is 4.90 Å². The van der Waals surface area contributed by atoms with Crippen LogP contribution in [0.25, 0.3) is 0 Å². The first-order valence-corrected chi connectivity index (χ1v) is 6.39. The SMILES string of the molecule is C=C/C=C(\C)C1c2ccccc2CCN1CC. The Morgan fingerprint density at radius 3 is 2.94 bits per heavy atom. The topological polar surface area (TPSA) is 3.24 Å². The summed E-state index contributed by atoms with van der Waals surface area (Å²) in [7, 11) is 0. The van der Waals surface area contributed by atoms with Crippen molar-refractivity contribution in [1.29, 1.82) is 0 Å². The van der Waals surface area contributed by atoms with Crippen molar-refractivity contribution in [2.24, 2.45) is 0 Å². The van der Waals surface area contributed by atoms with Gasteiger partial charge in [0.25, 0.3) is 0 Å². The quantitative estimate of drug-likeness (QED) is 0.711. The Labute approximate surface area is 104 Å². The molecule has 17 heavy (non-hydrogen) atoms. The smallest absolute Gasteiger partial charge is 0.0564 e. The van der Waals surface area contributed by atoms with Crippen molar-refractivity contribution in [3.05, 3.63) is 59.7 Å². The lowest BCUT2D eigenvalue weighted by molar-refractivity contribution is 0.222. The molecule has 1 nitrogen and oxygen atoms in total. The van der Waals surface area contributed by atoms with Crippen molar-refractivity contribution >= 4 is 0 Å². The highest BCUT2D eigenvalue weighted by atomic mass is 15.2. The number of fused-ring (bicyclic) bond motifs is 1. The Kier molecular flexibility index (Phi) is 3.80. The van der Waals surface area contributed by atoms with Crippen LogP contribution < -0.4 is 0 Å². The summed E-state index contributed by atoms with van der Waals surface area (Å²) in [5.41, 5.74) is 4.35. The maximum atomic E-state index is 3.81. The van der Waals surface area contributed by atoms with Gasteiger partial charge < -0.3 is 0 Å². The minimum atomic E-state index is 0.433. The standard InChI is InChI=1S/C16H21N/c1-4-8-13(3)16-15-10-7-6-9-14(15)11-12-17(16)5-2/h4,6-10,16H,1,5,11-12H2,2-3H3/b13-8+. The van der Waals surface area contributed by atoms with E-state index in [9.17, 15) is 0 Å². The third-order valence-corrected chi connectivity index (χ3v) is 3.60. The van der Waals surface area contributed by atoms with Crippen molar-refractivity contribution in [2.45, 2.75) is 26.3 Å². The average molecular weight is 227 g/mol. The van der Waals surface area contributed by atoms with Gasteiger partial charge in [-0.15, -0.1) is 0 Å². The normalized spacial score (nSPS) is 21.1. The molecule has 0 aromatic heterocycles. The maximum Gasteiger partial charge on any atom is 0.0564 e. The van der Waals surface area contributed by atoms with Gasteiger partial charge in [-0.25, -0.2) is 0 Å². The molecule has 0 fully saturated rings. The van der Waals surface area contributed by atoms with E-state index in [1.807, 2.05) is 6.08 Å². The van der Waals surface area contributed by atoms with Crippen LogP contribution in [0.15, 0.2) is 48.6 Å². The fourth-order valence-corrected chi connectivity index (χ4v) is 2.77. The second kappa shape index (κ2) is 5.33. The molecule has 0 N–H and O–H groups in total. The number of benzene rings is 1. The van der Waals surface area contributed by atoms with Crippen LogP contribution in [0.2, 0.25) is 0 Å². The third kappa shape index (κ3) is 2.34. The van der Waals surface area contributed by atoms with Crippen LogP contribution in [0.5, 0.6) is 0 Å². The molecule has 1 aromatic carbocycles. The van der Waals surface area contributed by atoms with E-state index in [0.717, 1.165) is 13.1 Å². The van der Waals surface area contributed by atoms with Crippen LogP contribution in [0.1, 0.15) is 31.0 Å². The summed E-state index contributed by atoms with van der Waals surface area (Å²) in [6.45, 7) is 10.5. The molecular weight excluding hydrogens is 206 g/mol. The van der Waals surface area contributed by atoms with Crippen LogP contribution in [0, 0.1) is 0 Å². The molecule has 2 rings (SSSR count). The van der Waals surface area contributed by atoms with Crippen molar-refractivity contribution in [1.82, 2.24) is 4.90 Å². The molecule has 1 atom stereocenters. The number of likely N-dealkylation sites (N-methyl/N-ethyl adjacent to an activating group) is 1. The summed E-state index contributed by atoms with van der Waals surface area (Å²) < 4.78 is 0. The van der Waals surface area contributed by atoms with Crippen molar-refractivity contribution < 1.29 is 0 Å². The number of rotatable bonds is 3. The number of hydrogen-bond donors (Lipinski definition) is 0. The van der Waals surface area contributed by atoms with E-state index < -0.39 is 0 Å². The van der Waals surface area contributed by atoms with Gasteiger partial charge in [-0.1, -0.05) is 55.5 Å². The number of nitrogens with zero attached hydrogens (tertiary/aromatic N) is 1. The van der Waals surface area contributed by atoms with E-state index in [2.05, 4.69) is 55.7 Å². The molecule has 1 aromatic rings. The lowest BCUT2D eigenvalue weighted by Crippen LogP contribution is -2.35. The zero-order valence-corrected chi connectivity index (χ0v) is 10.8. The second-order valence-electron chi connectivity index (χ2n) is 4.63. The first-order chi connectivity index (χ1) is 8.27. The maximum absolute atomic E-state index is 3.81. The first-order valence-electron chi connectivity index (χ1n) is 6.39. The zero-order valence-electron chi connectivity index (χ0n) is 10.8. The number of allylic oxidation sites excluding steroid dienone is 2. The van der Waals surface area contributed by atoms with Gasteiger partial charge in [0, 0.05) is 6.54 Å². The van der Waals surface area contributed by atoms with E-state index in [-0.39, 0.29) is 0 Å². The summed E-state index contributed by atoms with van der Waals surface area (Å²) >= 11 is 0. The first kappa shape index (κ1) is 12.1. The lowest BCUT2D eigenvalue weighted by Gasteiger charge is -2.37. The van der Waals surface area contributed by atoms with Crippen LogP contribution >= 0.6 is 0 Å². The molecule has 0 spiro atoms. The minimum Gasteiger partial charge on any atom is -0.293 e. The van der Waals surface area contributed by atoms with E-state index in [1.165, 1.54) is 23.1 Å². The average Bonchev–Trinajstić information content (AvgIpc) is 2.37. The van der Waals surface area contributed by atoms with Crippen molar-refractivity contribution in [2.75, 3.05) is 13.1 Å². The highest BCUT2D eigenvalue weighted by Crippen LogP contribution is 2.34. The van der Waals surface area contributed by atoms with Gasteiger partial charge in [0.2, 0.25) is 0 Å². The van der Waals surface area contributed by atoms with Gasteiger partial charge in [-0.2, -0.15) is 0 Å². The molecule has 0 radical (unpaired) electrons. The summed E-state index contributed by atoms with van der Waals surface area (Å²) in [5.74, 6) is 0. The second-order valence-corrected chi connectivity index (χ2v) is 4.63. The monoisotopic (exact) mass is 227 g/mol. The Balaban J connectivity index is 2.44. The fourth-order valence-electron chi connectivity index (χ4n) is 2.77. The van der Waals surface area contributed by atoms with Crippen LogP contribution in [-0.4, -0.2) is 18.0 Å². The van der Waals surface area contributed by atoms with Gasteiger partial charge >= 0.3 is 0 Å². The van der Waals surface area contributed by atoms with Gasteiger partial charge in [0.15, 0.2) is 0 Å². The Hall–Kier alpha value is -1.34. The fraction of sp³-hybridized carbons (Fsp3) is 0.375. The van der Waals surface area contributed by atoms with E-state index in [0.29, 0.717) is 6.04 Å². The van der Waals surface area contributed by atoms with Crippen molar-refractivity contribution in [3.63, 3.8) is 0 Å². The molecular formula is C16H21N. The Morgan fingerprint density at radius 1 is 1.47 bits per heavy atom. The molecule has 0 saturated heterocycles. The molecule has 0 amide bonds. The van der Waals surface area contributed by atoms with Crippen LogP contribution in [0.4, 0.5) is 0 Å². The molecule has 90 valence electrons. The molecule has 1 heterocycles. The Bertz CT molecular complexity index is 431. The highest BCUT2D eigenvalue weighted by Gasteiger charge is 2.26. The lowest BCUT2D eigenvalue weighted by atomic mass is 9.88. The molecule has 0 bridgehead atoms. The molecule has 0 aliphatic carbocycles. The molecule has 1 heteroatoms. The minimum absolute atomic E-state index is 0.433. The van der Waals surface area contributed by atoms with Crippen molar-refractivity contribution in [3.8, 4) is 0 Å². The molecule has 0 saturated carbocycles. The Morgan fingerprint density at radius 2 is 2.24 bits per heavy atom. The summed E-state index contributed by atoms with van der Waals surface area (Å²) in [5, 5.41) is 0.